The molecule has 2 N–H and O–H groups in total. The van der Waals surface area contributed by atoms with Crippen LogP contribution in [0.25, 0.3) is 0 Å². The van der Waals surface area contributed by atoms with Crippen molar-refractivity contribution < 1.29 is 9.53 Å². The van der Waals surface area contributed by atoms with E-state index in [0.29, 0.717) is 19.7 Å². The van der Waals surface area contributed by atoms with E-state index in [9.17, 15) is 4.79 Å². The lowest BCUT2D eigenvalue weighted by Gasteiger charge is -2.22. The van der Waals surface area contributed by atoms with Crippen LogP contribution in [-0.2, 0) is 4.74 Å². The first-order valence-corrected chi connectivity index (χ1v) is 5.40. The van der Waals surface area contributed by atoms with E-state index in [2.05, 4.69) is 0 Å². The van der Waals surface area contributed by atoms with Gasteiger partial charge in [0.2, 0.25) is 0 Å². The molecule has 0 spiro atoms. The molecule has 0 aromatic rings. The highest BCUT2D eigenvalue weighted by Crippen LogP contribution is 2.20. The minimum absolute atomic E-state index is 0.0153. The Kier molecular flexibility index (Phi) is 3.28. The summed E-state index contributed by atoms with van der Waals surface area (Å²) in [4.78, 5) is 13.3. The van der Waals surface area contributed by atoms with Crippen LogP contribution in [0.3, 0.4) is 0 Å². The van der Waals surface area contributed by atoms with Gasteiger partial charge in [-0.1, -0.05) is 20.8 Å². The Balaban J connectivity index is 2.37. The highest BCUT2D eigenvalue weighted by atomic mass is 16.6. The number of carbonyl (C=O) groups excluding carboxylic acids is 1. The van der Waals surface area contributed by atoms with Crippen molar-refractivity contribution in [3.05, 3.63) is 0 Å². The van der Waals surface area contributed by atoms with Crippen molar-refractivity contribution >= 4 is 6.09 Å². The maximum atomic E-state index is 11.6. The predicted molar refractivity (Wildman–Crippen MR) is 59.6 cm³/mol. The van der Waals surface area contributed by atoms with Gasteiger partial charge < -0.3 is 15.4 Å². The van der Waals surface area contributed by atoms with Crippen molar-refractivity contribution in [3.63, 3.8) is 0 Å². The lowest BCUT2D eigenvalue weighted by atomic mass is 9.99. The Morgan fingerprint density at radius 3 is 2.53 bits per heavy atom. The van der Waals surface area contributed by atoms with Gasteiger partial charge in [0.25, 0.3) is 0 Å². The number of ether oxygens (including phenoxy) is 1. The summed E-state index contributed by atoms with van der Waals surface area (Å²) >= 11 is 0. The first kappa shape index (κ1) is 12.3. The molecule has 1 amide bonds. The van der Waals surface area contributed by atoms with Crippen LogP contribution in [0.15, 0.2) is 0 Å². The Bertz CT molecular complexity index is 243. The molecule has 4 nitrogen and oxygen atoms in total. The lowest BCUT2D eigenvalue weighted by Crippen LogP contribution is -2.41. The van der Waals surface area contributed by atoms with Gasteiger partial charge in [0.1, 0.15) is 0 Å². The highest BCUT2D eigenvalue weighted by molar-refractivity contribution is 5.68. The summed E-state index contributed by atoms with van der Waals surface area (Å²) in [5.41, 5.74) is 5.70. The molecule has 0 radical (unpaired) electrons. The van der Waals surface area contributed by atoms with Gasteiger partial charge in [-0.2, -0.15) is 0 Å². The van der Waals surface area contributed by atoms with Crippen LogP contribution < -0.4 is 5.73 Å². The molecule has 0 aliphatic carbocycles. The van der Waals surface area contributed by atoms with E-state index in [1.807, 2.05) is 27.7 Å². The molecule has 0 aromatic heterocycles. The van der Waals surface area contributed by atoms with Gasteiger partial charge >= 0.3 is 6.09 Å². The van der Waals surface area contributed by atoms with Crippen LogP contribution in [0, 0.1) is 5.41 Å². The molecule has 1 aliphatic rings. The second-order valence-corrected chi connectivity index (χ2v) is 5.94. The predicted octanol–water partition coefficient (Wildman–Crippen LogP) is 1.59. The van der Waals surface area contributed by atoms with E-state index in [4.69, 9.17) is 10.5 Å². The van der Waals surface area contributed by atoms with E-state index in [0.717, 1.165) is 6.42 Å². The van der Waals surface area contributed by atoms with Gasteiger partial charge in [0, 0.05) is 18.6 Å². The number of carbonyl (C=O) groups is 1. The average Bonchev–Trinajstić information content (AvgIpc) is 2.40. The molecule has 1 fully saturated rings. The third-order valence-electron chi connectivity index (χ3n) is 2.39. The summed E-state index contributed by atoms with van der Waals surface area (Å²) in [6.45, 7) is 9.82. The van der Waals surface area contributed by atoms with Gasteiger partial charge in [-0.15, -0.1) is 0 Å². The van der Waals surface area contributed by atoms with E-state index in [1.54, 1.807) is 4.90 Å². The molecule has 1 unspecified atom stereocenters. The number of likely N-dealkylation sites (tertiary alicyclic amines) is 1. The van der Waals surface area contributed by atoms with Crippen molar-refractivity contribution in [3.8, 4) is 0 Å². The van der Waals surface area contributed by atoms with E-state index in [-0.39, 0.29) is 17.0 Å². The van der Waals surface area contributed by atoms with E-state index in [1.165, 1.54) is 0 Å². The first-order valence-electron chi connectivity index (χ1n) is 5.40. The fourth-order valence-electron chi connectivity index (χ4n) is 1.51. The number of rotatable bonds is 1. The molecule has 1 atom stereocenters. The van der Waals surface area contributed by atoms with Crippen LogP contribution in [0.5, 0.6) is 0 Å². The molecule has 1 heterocycles. The second-order valence-electron chi connectivity index (χ2n) is 5.94. The van der Waals surface area contributed by atoms with Crippen LogP contribution in [0.2, 0.25) is 0 Å². The van der Waals surface area contributed by atoms with E-state index >= 15 is 0 Å². The lowest BCUT2D eigenvalue weighted by molar-refractivity contribution is 0.0771. The van der Waals surface area contributed by atoms with Crippen molar-refractivity contribution in [2.75, 3.05) is 19.7 Å². The SMILES string of the molecule is CC(C)(C)COC(=O)N1CCC(C)(N)C1. The third-order valence-corrected chi connectivity index (χ3v) is 2.39. The average molecular weight is 214 g/mol. The number of hydrogen-bond donors (Lipinski definition) is 1. The van der Waals surface area contributed by atoms with Crippen molar-refractivity contribution in [1.82, 2.24) is 4.90 Å². The van der Waals surface area contributed by atoms with Gasteiger partial charge in [0.15, 0.2) is 0 Å². The Labute approximate surface area is 91.8 Å². The third kappa shape index (κ3) is 4.08. The molecule has 1 aliphatic heterocycles. The summed E-state index contributed by atoms with van der Waals surface area (Å²) in [6, 6.07) is 0. The van der Waals surface area contributed by atoms with Gasteiger partial charge in [-0.25, -0.2) is 4.79 Å². The van der Waals surface area contributed by atoms with Gasteiger partial charge in [-0.05, 0) is 18.8 Å². The molecular formula is C11H22N2O2. The minimum Gasteiger partial charge on any atom is -0.449 e. The quantitative estimate of drug-likeness (QED) is 0.721. The molecule has 88 valence electrons. The summed E-state index contributed by atoms with van der Waals surface area (Å²) in [5, 5.41) is 0. The van der Waals surface area contributed by atoms with Crippen LogP contribution in [-0.4, -0.2) is 36.2 Å². The van der Waals surface area contributed by atoms with Crippen LogP contribution >= 0.6 is 0 Å². The molecule has 1 saturated heterocycles. The van der Waals surface area contributed by atoms with Crippen LogP contribution in [0.4, 0.5) is 4.79 Å². The Hall–Kier alpha value is -0.770. The normalized spacial score (nSPS) is 26.9. The van der Waals surface area contributed by atoms with E-state index < -0.39 is 0 Å². The summed E-state index contributed by atoms with van der Waals surface area (Å²) in [7, 11) is 0. The Morgan fingerprint density at radius 2 is 2.13 bits per heavy atom. The zero-order valence-corrected chi connectivity index (χ0v) is 10.2. The molecule has 15 heavy (non-hydrogen) atoms. The molecule has 0 saturated carbocycles. The summed E-state index contributed by atoms with van der Waals surface area (Å²) in [5.74, 6) is 0. The fourth-order valence-corrected chi connectivity index (χ4v) is 1.51. The van der Waals surface area contributed by atoms with Crippen molar-refractivity contribution in [1.29, 1.82) is 0 Å². The van der Waals surface area contributed by atoms with Gasteiger partial charge in [0.05, 0.1) is 6.61 Å². The van der Waals surface area contributed by atoms with Gasteiger partial charge in [-0.3, -0.25) is 0 Å². The molecular weight excluding hydrogens is 192 g/mol. The van der Waals surface area contributed by atoms with Crippen molar-refractivity contribution in [2.24, 2.45) is 11.1 Å². The second kappa shape index (κ2) is 4.00. The fraction of sp³-hybridized carbons (Fsp3) is 0.909. The first-order chi connectivity index (χ1) is 6.70. The molecule has 0 aromatic carbocycles. The molecule has 0 bridgehead atoms. The number of hydrogen-bond acceptors (Lipinski definition) is 3. The Morgan fingerprint density at radius 1 is 1.53 bits per heavy atom. The highest BCUT2D eigenvalue weighted by Gasteiger charge is 2.33. The zero-order valence-electron chi connectivity index (χ0n) is 10.2. The standard InChI is InChI=1S/C11H22N2O2/c1-10(2,3)8-15-9(14)13-6-5-11(4,12)7-13/h5-8,12H2,1-4H3. The number of nitrogens with two attached hydrogens (primary N) is 1. The maximum absolute atomic E-state index is 11.6. The maximum Gasteiger partial charge on any atom is 0.409 e. The smallest absolute Gasteiger partial charge is 0.409 e. The number of amides is 1. The van der Waals surface area contributed by atoms with Crippen LogP contribution in [0.1, 0.15) is 34.1 Å². The topological polar surface area (TPSA) is 55.6 Å². The van der Waals surface area contributed by atoms with Crippen molar-refractivity contribution in [2.45, 2.75) is 39.7 Å². The monoisotopic (exact) mass is 214 g/mol. The largest absolute Gasteiger partial charge is 0.449 e. The molecule has 4 heteroatoms. The number of nitrogens with zero attached hydrogens (tertiary/aromatic N) is 1. The molecule has 1 rings (SSSR count). The zero-order chi connectivity index (χ0) is 11.7. The minimum atomic E-state index is -0.249. The summed E-state index contributed by atoms with van der Waals surface area (Å²) in [6.07, 6.45) is 0.608. The summed E-state index contributed by atoms with van der Waals surface area (Å²) < 4.78 is 5.22.